The average molecular weight is 166 g/mol. The van der Waals surface area contributed by atoms with Crippen LogP contribution in [0.15, 0.2) is 30.3 Å². The van der Waals surface area contributed by atoms with Gasteiger partial charge in [-0.25, -0.2) is 0 Å². The van der Waals surface area contributed by atoms with Crippen LogP contribution in [0.5, 0.6) is 0 Å². The topological polar surface area (TPSA) is 17.1 Å². The molecular weight excluding hydrogens is 155 g/mol. The van der Waals surface area contributed by atoms with Crippen LogP contribution in [0.25, 0.3) is 0 Å². The Kier molecular flexibility index (Phi) is 1.61. The van der Waals surface area contributed by atoms with Crippen molar-refractivity contribution in [1.82, 2.24) is 0 Å². The van der Waals surface area contributed by atoms with Gasteiger partial charge in [-0.15, -0.1) is 0 Å². The predicted octanol–water partition coefficient (Wildman–Crippen LogP) is 2.08. The van der Waals surface area contributed by atoms with Gasteiger partial charge in [-0.2, -0.15) is 0 Å². The number of rotatable bonds is 1. The van der Waals surface area contributed by atoms with Gasteiger partial charge in [0.05, 0.1) is 0 Å². The molecule has 1 aromatic rings. The van der Waals surface area contributed by atoms with Gasteiger partial charge in [-0.3, -0.25) is 0 Å². The van der Waals surface area contributed by atoms with E-state index in [1.54, 1.807) is 0 Å². The highest BCUT2D eigenvalue weighted by Gasteiger charge is 2.31. The maximum Gasteiger partial charge on any atom is 0.115 e. The third-order valence-corrected chi connectivity index (χ3v) is 5.58. The zero-order valence-electron chi connectivity index (χ0n) is 6.36. The molecule has 0 bridgehead atoms. The van der Waals surface area contributed by atoms with Crippen molar-refractivity contribution in [2.24, 2.45) is 0 Å². The van der Waals surface area contributed by atoms with Gasteiger partial charge in [0, 0.05) is 17.6 Å². The predicted molar refractivity (Wildman–Crippen MR) is 48.0 cm³/mol. The zero-order chi connectivity index (χ0) is 7.73. The summed E-state index contributed by atoms with van der Waals surface area (Å²) in [5, 5.41) is 1.08. The average Bonchev–Trinajstić information content (AvgIpc) is 2.02. The maximum absolute atomic E-state index is 11.9. The summed E-state index contributed by atoms with van der Waals surface area (Å²) in [5.41, 5.74) is 0. The van der Waals surface area contributed by atoms with Crippen molar-refractivity contribution < 1.29 is 4.57 Å². The maximum atomic E-state index is 11.9. The molecular formula is C9H11OP. The molecule has 1 nitrogen and oxygen atoms in total. The quantitative estimate of drug-likeness (QED) is 0.584. The second kappa shape index (κ2) is 2.49. The molecule has 0 atom stereocenters. The van der Waals surface area contributed by atoms with E-state index in [-0.39, 0.29) is 0 Å². The molecule has 0 saturated carbocycles. The Hall–Kier alpha value is -0.550. The van der Waals surface area contributed by atoms with Crippen molar-refractivity contribution in [3.8, 4) is 0 Å². The van der Waals surface area contributed by atoms with Crippen molar-refractivity contribution in [2.45, 2.75) is 6.42 Å². The second-order valence-electron chi connectivity index (χ2n) is 3.03. The lowest BCUT2D eigenvalue weighted by atomic mass is 10.4. The highest BCUT2D eigenvalue weighted by molar-refractivity contribution is 7.73. The molecule has 1 saturated heterocycles. The molecule has 0 aromatic heterocycles. The molecule has 1 aliphatic rings. The van der Waals surface area contributed by atoms with Gasteiger partial charge in [-0.05, 0) is 6.42 Å². The van der Waals surface area contributed by atoms with Gasteiger partial charge >= 0.3 is 0 Å². The van der Waals surface area contributed by atoms with Crippen LogP contribution in [0, 0.1) is 0 Å². The van der Waals surface area contributed by atoms with Gasteiger partial charge in [0.25, 0.3) is 0 Å². The summed E-state index contributed by atoms with van der Waals surface area (Å²) in [6.07, 6.45) is 3.00. The van der Waals surface area contributed by atoms with Crippen LogP contribution < -0.4 is 5.30 Å². The summed E-state index contributed by atoms with van der Waals surface area (Å²) in [6.45, 7) is 0. The number of hydrogen-bond acceptors (Lipinski definition) is 1. The highest BCUT2D eigenvalue weighted by atomic mass is 31.2. The van der Waals surface area contributed by atoms with Crippen LogP contribution in [0.1, 0.15) is 6.42 Å². The van der Waals surface area contributed by atoms with E-state index in [1.807, 2.05) is 30.3 Å². The summed E-state index contributed by atoms with van der Waals surface area (Å²) in [7, 11) is -1.85. The molecule has 58 valence electrons. The van der Waals surface area contributed by atoms with Gasteiger partial charge < -0.3 is 4.57 Å². The Balaban J connectivity index is 2.37. The molecule has 1 aliphatic heterocycles. The van der Waals surface area contributed by atoms with E-state index < -0.39 is 7.14 Å². The SMILES string of the molecule is O=P1(c2ccccc2)CCC1. The lowest BCUT2D eigenvalue weighted by Crippen LogP contribution is -2.19. The minimum absolute atomic E-state index is 0.928. The summed E-state index contributed by atoms with van der Waals surface area (Å²) < 4.78 is 11.9. The first-order valence-electron chi connectivity index (χ1n) is 3.95. The number of hydrogen-bond donors (Lipinski definition) is 0. The highest BCUT2D eigenvalue weighted by Crippen LogP contribution is 2.53. The molecule has 0 radical (unpaired) electrons. The van der Waals surface area contributed by atoms with Gasteiger partial charge in [0.2, 0.25) is 0 Å². The van der Waals surface area contributed by atoms with Crippen LogP contribution in [-0.2, 0) is 4.57 Å². The Bertz CT molecular complexity index is 284. The molecule has 0 N–H and O–H groups in total. The van der Waals surface area contributed by atoms with Crippen molar-refractivity contribution in [3.63, 3.8) is 0 Å². The Labute approximate surface area is 66.8 Å². The number of benzene rings is 1. The van der Waals surface area contributed by atoms with Crippen molar-refractivity contribution >= 4 is 12.4 Å². The van der Waals surface area contributed by atoms with E-state index in [9.17, 15) is 4.57 Å². The molecule has 1 heterocycles. The first-order valence-corrected chi connectivity index (χ1v) is 6.03. The van der Waals surface area contributed by atoms with Crippen LogP contribution in [0.2, 0.25) is 0 Å². The summed E-state index contributed by atoms with van der Waals surface area (Å²) in [6, 6.07) is 9.87. The minimum Gasteiger partial charge on any atom is -0.319 e. The van der Waals surface area contributed by atoms with Gasteiger partial charge in [0.15, 0.2) is 0 Å². The Morgan fingerprint density at radius 3 is 2.18 bits per heavy atom. The molecule has 11 heavy (non-hydrogen) atoms. The lowest BCUT2D eigenvalue weighted by Gasteiger charge is -2.26. The minimum atomic E-state index is -1.85. The van der Waals surface area contributed by atoms with E-state index in [0.29, 0.717) is 0 Å². The first kappa shape index (κ1) is 7.12. The molecule has 1 fully saturated rings. The molecule has 0 spiro atoms. The Morgan fingerprint density at radius 1 is 1.09 bits per heavy atom. The van der Waals surface area contributed by atoms with Gasteiger partial charge in [-0.1, -0.05) is 30.3 Å². The van der Waals surface area contributed by atoms with Gasteiger partial charge in [0.1, 0.15) is 7.14 Å². The van der Waals surface area contributed by atoms with Crippen LogP contribution >= 0.6 is 7.14 Å². The fourth-order valence-electron chi connectivity index (χ4n) is 1.40. The Morgan fingerprint density at radius 2 is 1.73 bits per heavy atom. The molecule has 2 rings (SSSR count). The van der Waals surface area contributed by atoms with E-state index in [4.69, 9.17) is 0 Å². The first-order chi connectivity index (χ1) is 5.31. The molecule has 2 heteroatoms. The normalized spacial score (nSPS) is 20.7. The summed E-state index contributed by atoms with van der Waals surface area (Å²) >= 11 is 0. The van der Waals surface area contributed by atoms with E-state index in [1.165, 1.54) is 0 Å². The largest absolute Gasteiger partial charge is 0.319 e. The summed E-state index contributed by atoms with van der Waals surface area (Å²) in [4.78, 5) is 0. The standard InChI is InChI=1S/C9H11OP/c10-11(7-4-8-11)9-5-2-1-3-6-9/h1-3,5-6H,4,7-8H2. The van der Waals surface area contributed by atoms with Crippen molar-refractivity contribution in [1.29, 1.82) is 0 Å². The smallest absolute Gasteiger partial charge is 0.115 e. The second-order valence-corrected chi connectivity index (χ2v) is 6.22. The fraction of sp³-hybridized carbons (Fsp3) is 0.333. The van der Waals surface area contributed by atoms with Crippen molar-refractivity contribution in [3.05, 3.63) is 30.3 Å². The van der Waals surface area contributed by atoms with Crippen LogP contribution in [0.4, 0.5) is 0 Å². The monoisotopic (exact) mass is 166 g/mol. The molecule has 0 amide bonds. The lowest BCUT2D eigenvalue weighted by molar-refractivity contribution is 0.570. The van der Waals surface area contributed by atoms with E-state index in [0.717, 1.165) is 24.0 Å². The third kappa shape index (κ3) is 1.14. The van der Waals surface area contributed by atoms with Crippen LogP contribution in [-0.4, -0.2) is 12.3 Å². The molecule has 0 unspecified atom stereocenters. The third-order valence-electron chi connectivity index (χ3n) is 2.27. The summed E-state index contributed by atoms with van der Waals surface area (Å²) in [5.74, 6) is 0. The van der Waals surface area contributed by atoms with E-state index >= 15 is 0 Å². The molecule has 1 aromatic carbocycles. The van der Waals surface area contributed by atoms with Crippen LogP contribution in [0.3, 0.4) is 0 Å². The fourth-order valence-corrected chi connectivity index (χ4v) is 3.53. The van der Waals surface area contributed by atoms with Crippen molar-refractivity contribution in [2.75, 3.05) is 12.3 Å². The molecule has 0 aliphatic carbocycles. The van der Waals surface area contributed by atoms with E-state index in [2.05, 4.69) is 0 Å². The zero-order valence-corrected chi connectivity index (χ0v) is 7.26.